The largest absolute Gasteiger partial charge is 0.497 e. The van der Waals surface area contributed by atoms with E-state index in [1.807, 2.05) is 61.2 Å². The minimum absolute atomic E-state index is 0.0159. The Kier molecular flexibility index (Phi) is 8.50. The van der Waals surface area contributed by atoms with Crippen LogP contribution in [0, 0.1) is 13.8 Å². The Labute approximate surface area is 190 Å². The van der Waals surface area contributed by atoms with Crippen molar-refractivity contribution in [2.75, 3.05) is 51.8 Å². The summed E-state index contributed by atoms with van der Waals surface area (Å²) in [6.07, 6.45) is 1.13. The van der Waals surface area contributed by atoms with E-state index in [0.29, 0.717) is 52.2 Å². The lowest BCUT2D eigenvalue weighted by Gasteiger charge is -2.34. The molecule has 0 aromatic heterocycles. The number of benzene rings is 2. The van der Waals surface area contributed by atoms with Gasteiger partial charge in [-0.3, -0.25) is 14.5 Å². The van der Waals surface area contributed by atoms with Gasteiger partial charge in [0, 0.05) is 38.3 Å². The molecule has 2 aromatic carbocycles. The highest BCUT2D eigenvalue weighted by molar-refractivity contribution is 5.93. The molecule has 1 aliphatic heterocycles. The lowest BCUT2D eigenvalue weighted by Crippen LogP contribution is -2.50. The van der Waals surface area contributed by atoms with Crippen LogP contribution in [0.25, 0.3) is 0 Å². The monoisotopic (exact) mass is 439 g/mol. The fourth-order valence-electron chi connectivity index (χ4n) is 3.79. The van der Waals surface area contributed by atoms with Crippen molar-refractivity contribution in [1.29, 1.82) is 0 Å². The van der Waals surface area contributed by atoms with Crippen LogP contribution in [0.15, 0.2) is 42.5 Å². The molecule has 1 fully saturated rings. The molecule has 1 aliphatic rings. The maximum absolute atomic E-state index is 12.5. The number of carbonyl (C=O) groups excluding carboxylic acids is 2. The number of hydrogen-bond donors (Lipinski definition) is 1. The highest BCUT2D eigenvalue weighted by atomic mass is 16.5. The van der Waals surface area contributed by atoms with E-state index in [1.54, 1.807) is 7.11 Å². The number of rotatable bonds is 9. The van der Waals surface area contributed by atoms with Crippen LogP contribution in [-0.2, 0) is 9.59 Å². The number of anilines is 1. The van der Waals surface area contributed by atoms with Gasteiger partial charge in [-0.1, -0.05) is 18.2 Å². The standard InChI is InChI=1S/C25H33N3O4/c1-19-6-4-7-20(2)25(19)26-23(29)18-27-13-15-28(16-14-27)24(30)8-5-17-32-22-11-9-21(31-3)10-12-22/h4,6-7,9-12H,5,8,13-18H2,1-3H3,(H,26,29). The highest BCUT2D eigenvalue weighted by Crippen LogP contribution is 2.20. The number of methoxy groups -OCH3 is 1. The molecule has 0 saturated carbocycles. The number of hydrogen-bond acceptors (Lipinski definition) is 5. The van der Waals surface area contributed by atoms with E-state index >= 15 is 0 Å². The first-order chi connectivity index (χ1) is 15.5. The van der Waals surface area contributed by atoms with Gasteiger partial charge in [-0.15, -0.1) is 0 Å². The van der Waals surface area contributed by atoms with E-state index in [-0.39, 0.29) is 11.8 Å². The molecule has 0 unspecified atom stereocenters. The van der Waals surface area contributed by atoms with Crippen molar-refractivity contribution in [2.45, 2.75) is 26.7 Å². The van der Waals surface area contributed by atoms with Crippen LogP contribution in [0.3, 0.4) is 0 Å². The third-order valence-corrected chi connectivity index (χ3v) is 5.70. The first-order valence-electron chi connectivity index (χ1n) is 11.1. The van der Waals surface area contributed by atoms with Gasteiger partial charge in [0.1, 0.15) is 11.5 Å². The van der Waals surface area contributed by atoms with E-state index < -0.39 is 0 Å². The van der Waals surface area contributed by atoms with Crippen molar-refractivity contribution in [3.05, 3.63) is 53.6 Å². The molecule has 32 heavy (non-hydrogen) atoms. The number of nitrogens with one attached hydrogen (secondary N) is 1. The summed E-state index contributed by atoms with van der Waals surface area (Å²) in [6, 6.07) is 13.4. The molecule has 2 aromatic rings. The van der Waals surface area contributed by atoms with E-state index in [0.717, 1.165) is 28.3 Å². The van der Waals surface area contributed by atoms with Gasteiger partial charge >= 0.3 is 0 Å². The fraction of sp³-hybridized carbons (Fsp3) is 0.440. The average Bonchev–Trinajstić information content (AvgIpc) is 2.80. The van der Waals surface area contributed by atoms with Crippen LogP contribution >= 0.6 is 0 Å². The van der Waals surface area contributed by atoms with Crippen LogP contribution < -0.4 is 14.8 Å². The molecule has 0 radical (unpaired) electrons. The quantitative estimate of drug-likeness (QED) is 0.608. The maximum Gasteiger partial charge on any atom is 0.238 e. The summed E-state index contributed by atoms with van der Waals surface area (Å²) in [4.78, 5) is 28.9. The van der Waals surface area contributed by atoms with Crippen LogP contribution in [0.2, 0.25) is 0 Å². The molecule has 2 amide bonds. The number of carbonyl (C=O) groups is 2. The second-order valence-corrected chi connectivity index (χ2v) is 8.10. The smallest absolute Gasteiger partial charge is 0.238 e. The highest BCUT2D eigenvalue weighted by Gasteiger charge is 2.22. The van der Waals surface area contributed by atoms with Gasteiger partial charge in [0.15, 0.2) is 0 Å². The Morgan fingerprint density at radius 2 is 1.56 bits per heavy atom. The third-order valence-electron chi connectivity index (χ3n) is 5.70. The lowest BCUT2D eigenvalue weighted by molar-refractivity contribution is -0.133. The third kappa shape index (κ3) is 6.72. The molecule has 1 N–H and O–H groups in total. The summed E-state index contributed by atoms with van der Waals surface area (Å²) in [5, 5.41) is 3.03. The van der Waals surface area contributed by atoms with Crippen LogP contribution in [0.1, 0.15) is 24.0 Å². The predicted molar refractivity (Wildman–Crippen MR) is 125 cm³/mol. The van der Waals surface area contributed by atoms with E-state index in [4.69, 9.17) is 9.47 Å². The molecular formula is C25H33N3O4. The number of ether oxygens (including phenoxy) is 2. The second kappa shape index (κ2) is 11.5. The average molecular weight is 440 g/mol. The van der Waals surface area contributed by atoms with Gasteiger partial charge in [0.05, 0.1) is 20.3 Å². The number of nitrogens with zero attached hydrogens (tertiary/aromatic N) is 2. The van der Waals surface area contributed by atoms with Gasteiger partial charge in [-0.05, 0) is 55.7 Å². The molecule has 7 nitrogen and oxygen atoms in total. The van der Waals surface area contributed by atoms with Crippen molar-refractivity contribution < 1.29 is 19.1 Å². The topological polar surface area (TPSA) is 71.1 Å². The zero-order chi connectivity index (χ0) is 22.9. The van der Waals surface area contributed by atoms with Gasteiger partial charge in [-0.2, -0.15) is 0 Å². The summed E-state index contributed by atoms with van der Waals surface area (Å²) >= 11 is 0. The Morgan fingerprint density at radius 3 is 2.19 bits per heavy atom. The van der Waals surface area contributed by atoms with Crippen LogP contribution in [-0.4, -0.2) is 68.1 Å². The lowest BCUT2D eigenvalue weighted by atomic mass is 10.1. The second-order valence-electron chi connectivity index (χ2n) is 8.10. The Balaban J connectivity index is 1.33. The van der Waals surface area contributed by atoms with Gasteiger partial charge in [-0.25, -0.2) is 0 Å². The number of piperazine rings is 1. The first kappa shape index (κ1) is 23.6. The molecule has 7 heteroatoms. The molecular weight excluding hydrogens is 406 g/mol. The number of para-hydroxylation sites is 1. The predicted octanol–water partition coefficient (Wildman–Crippen LogP) is 3.25. The van der Waals surface area contributed by atoms with Crippen molar-refractivity contribution in [3.63, 3.8) is 0 Å². The molecule has 1 heterocycles. The SMILES string of the molecule is COc1ccc(OCCCC(=O)N2CCN(CC(=O)Nc3c(C)cccc3C)CC2)cc1. The van der Waals surface area contributed by atoms with Gasteiger partial charge in [0.2, 0.25) is 11.8 Å². The normalized spacial score (nSPS) is 14.2. The van der Waals surface area contributed by atoms with Crippen LogP contribution in [0.5, 0.6) is 11.5 Å². The number of aryl methyl sites for hydroxylation is 2. The van der Waals surface area contributed by atoms with E-state index in [9.17, 15) is 9.59 Å². The molecule has 0 spiro atoms. The molecule has 0 atom stereocenters. The summed E-state index contributed by atoms with van der Waals surface area (Å²) in [5.41, 5.74) is 3.01. The summed E-state index contributed by atoms with van der Waals surface area (Å²) in [6.45, 7) is 7.53. The van der Waals surface area contributed by atoms with Crippen LogP contribution in [0.4, 0.5) is 5.69 Å². The minimum Gasteiger partial charge on any atom is -0.497 e. The summed E-state index contributed by atoms with van der Waals surface area (Å²) < 4.78 is 10.8. The molecule has 0 bridgehead atoms. The van der Waals surface area contributed by atoms with E-state index in [1.165, 1.54) is 0 Å². The minimum atomic E-state index is -0.0159. The van der Waals surface area contributed by atoms with Crippen molar-refractivity contribution in [3.8, 4) is 11.5 Å². The first-order valence-corrected chi connectivity index (χ1v) is 11.1. The summed E-state index contributed by atoms with van der Waals surface area (Å²) in [7, 11) is 1.63. The summed E-state index contributed by atoms with van der Waals surface area (Å²) in [5.74, 6) is 1.68. The van der Waals surface area contributed by atoms with Gasteiger partial charge < -0.3 is 19.7 Å². The fourth-order valence-corrected chi connectivity index (χ4v) is 3.79. The molecule has 3 rings (SSSR count). The Bertz CT molecular complexity index is 886. The van der Waals surface area contributed by atoms with Crippen molar-refractivity contribution in [2.24, 2.45) is 0 Å². The van der Waals surface area contributed by atoms with Crippen molar-refractivity contribution >= 4 is 17.5 Å². The number of amides is 2. The van der Waals surface area contributed by atoms with Crippen molar-refractivity contribution in [1.82, 2.24) is 9.80 Å². The Hall–Kier alpha value is -3.06. The zero-order valence-corrected chi connectivity index (χ0v) is 19.2. The van der Waals surface area contributed by atoms with E-state index in [2.05, 4.69) is 10.2 Å². The Morgan fingerprint density at radius 1 is 0.938 bits per heavy atom. The molecule has 172 valence electrons. The van der Waals surface area contributed by atoms with Gasteiger partial charge in [0.25, 0.3) is 0 Å². The molecule has 0 aliphatic carbocycles. The molecule has 1 saturated heterocycles. The zero-order valence-electron chi connectivity index (χ0n) is 19.2. The maximum atomic E-state index is 12.5.